The summed E-state index contributed by atoms with van der Waals surface area (Å²) < 4.78 is 11.1. The first-order valence-corrected chi connectivity index (χ1v) is 14.8. The fourth-order valence-corrected chi connectivity index (χ4v) is 3.99. The fourth-order valence-electron chi connectivity index (χ4n) is 3.99. The number of aromatic nitrogens is 4. The molecule has 2 N–H and O–H groups in total. The summed E-state index contributed by atoms with van der Waals surface area (Å²) in [7, 11) is 0. The summed E-state index contributed by atoms with van der Waals surface area (Å²) in [4.78, 5) is 43.8. The van der Waals surface area contributed by atoms with Crippen LogP contribution in [-0.4, -0.2) is 66.2 Å². The Morgan fingerprint density at radius 1 is 0.773 bits per heavy atom. The van der Waals surface area contributed by atoms with E-state index in [4.69, 9.17) is 9.47 Å². The van der Waals surface area contributed by atoms with Crippen LogP contribution in [0, 0.1) is 24.7 Å². The minimum absolute atomic E-state index is 0.319. The van der Waals surface area contributed by atoms with Crippen LogP contribution in [0.25, 0.3) is 11.3 Å². The molecule has 0 saturated carbocycles. The Kier molecular flexibility index (Phi) is 13.1. The number of carbonyl (C=O) groups excluding carboxylic acids is 2. The van der Waals surface area contributed by atoms with Gasteiger partial charge in [-0.05, 0) is 78.0 Å². The number of H-pyrrole nitrogens is 2. The van der Waals surface area contributed by atoms with Gasteiger partial charge in [0, 0.05) is 18.7 Å². The summed E-state index contributed by atoms with van der Waals surface area (Å²) in [5.74, 6) is 7.59. The highest BCUT2D eigenvalue weighted by Gasteiger charge is 2.23. The van der Waals surface area contributed by atoms with Gasteiger partial charge in [0.1, 0.15) is 28.5 Å². The number of carbonyl (C=O) groups is 2. The van der Waals surface area contributed by atoms with E-state index in [0.717, 1.165) is 29.7 Å². The highest BCUT2D eigenvalue weighted by Crippen LogP contribution is 2.19. The second-order valence-corrected chi connectivity index (χ2v) is 12.1. The molecule has 44 heavy (non-hydrogen) atoms. The lowest BCUT2D eigenvalue weighted by atomic mass is 10.1. The third-order valence-electron chi connectivity index (χ3n) is 5.77. The van der Waals surface area contributed by atoms with Crippen molar-refractivity contribution in [2.75, 3.05) is 13.1 Å². The molecule has 2 heterocycles. The second-order valence-electron chi connectivity index (χ2n) is 12.1. The van der Waals surface area contributed by atoms with Crippen LogP contribution in [0.1, 0.15) is 91.1 Å². The highest BCUT2D eigenvalue weighted by molar-refractivity contribution is 5.68. The molecule has 0 unspecified atom stereocenters. The molecule has 2 aromatic heterocycles. The van der Waals surface area contributed by atoms with Gasteiger partial charge in [-0.3, -0.25) is 0 Å². The van der Waals surface area contributed by atoms with Crippen LogP contribution in [0.3, 0.4) is 0 Å². The van der Waals surface area contributed by atoms with Gasteiger partial charge in [-0.2, -0.15) is 0 Å². The van der Waals surface area contributed by atoms with E-state index >= 15 is 0 Å². The lowest BCUT2D eigenvalue weighted by molar-refractivity contribution is 0.0219. The lowest BCUT2D eigenvalue weighted by Gasteiger charge is -2.26. The molecule has 0 aliphatic heterocycles. The summed E-state index contributed by atoms with van der Waals surface area (Å²) in [5.41, 5.74) is 2.20. The number of rotatable bonds is 9. The summed E-state index contributed by atoms with van der Waals surface area (Å²) in [6.45, 7) is 17.0. The van der Waals surface area contributed by atoms with Crippen LogP contribution in [0.2, 0.25) is 0 Å². The number of hydrogen-bond acceptors (Lipinski definition) is 6. The van der Waals surface area contributed by atoms with Gasteiger partial charge in [-0.15, -0.1) is 12.8 Å². The van der Waals surface area contributed by atoms with E-state index in [-0.39, 0.29) is 12.2 Å². The van der Waals surface area contributed by atoms with Crippen LogP contribution < -0.4 is 0 Å². The number of ether oxygens (including phenoxy) is 2. The number of imidazole rings is 2. The minimum atomic E-state index is -0.560. The first-order valence-electron chi connectivity index (χ1n) is 14.8. The zero-order valence-corrected chi connectivity index (χ0v) is 27.3. The third kappa shape index (κ3) is 11.9. The molecule has 3 rings (SSSR count). The van der Waals surface area contributed by atoms with Crippen molar-refractivity contribution in [3.63, 3.8) is 0 Å². The van der Waals surface area contributed by atoms with Crippen molar-refractivity contribution in [1.82, 2.24) is 29.7 Å². The fraction of sp³-hybridized carbons (Fsp3) is 0.471. The largest absolute Gasteiger partial charge is 0.444 e. The zero-order valence-electron chi connectivity index (χ0n) is 27.3. The number of hydrogen-bond donors (Lipinski definition) is 2. The third-order valence-corrected chi connectivity index (χ3v) is 5.77. The van der Waals surface area contributed by atoms with Crippen LogP contribution in [0.15, 0.2) is 36.7 Å². The van der Waals surface area contributed by atoms with Crippen molar-refractivity contribution in [2.45, 2.75) is 92.5 Å². The molecule has 0 bridgehead atoms. The molecule has 0 saturated heterocycles. The van der Waals surface area contributed by atoms with Gasteiger partial charge in [0.2, 0.25) is 0 Å². The molecule has 0 radical (unpaired) electrons. The molecule has 0 fully saturated rings. The average molecular weight is 603 g/mol. The van der Waals surface area contributed by atoms with Crippen LogP contribution in [0.5, 0.6) is 0 Å². The highest BCUT2D eigenvalue weighted by atomic mass is 16.6. The summed E-state index contributed by atoms with van der Waals surface area (Å²) in [5, 5.41) is 0. The number of nitrogens with zero attached hydrogens (tertiary/aromatic N) is 4. The number of amides is 2. The Bertz CT molecular complexity index is 1430. The van der Waals surface area contributed by atoms with Gasteiger partial charge in [0.15, 0.2) is 0 Å². The Labute approximate surface area is 262 Å². The first kappa shape index (κ1) is 35.5. The monoisotopic (exact) mass is 602 g/mol. The average Bonchev–Trinajstić information content (AvgIpc) is 3.60. The molecule has 0 aliphatic rings. The van der Waals surface area contributed by atoms with E-state index in [1.54, 1.807) is 22.2 Å². The molecule has 0 spiro atoms. The molecular formula is C34H46N6O4. The van der Waals surface area contributed by atoms with E-state index < -0.39 is 11.2 Å². The summed E-state index contributed by atoms with van der Waals surface area (Å²) in [6.07, 6.45) is 12.3. The maximum Gasteiger partial charge on any atom is 0.410 e. The standard InChI is InChI=1S/C32H44N6O4.C2H2/c1-9-17-37(29(39)41-31(3,4)5)21-27-33-19-25(35-27)16-13-23-11-14-24(15-12-23)26-20-34-28(36-26)22-38(18-10-2)30(40)42-32(6,7)8;1-2/h11-12,14-15,19-20H,9-10,17-18,21-22H2,1-8H3,(H,33,35)(H,34,36);1-2H. The molecule has 236 valence electrons. The van der Waals surface area contributed by atoms with E-state index in [0.29, 0.717) is 43.5 Å². The molecule has 0 atom stereocenters. The summed E-state index contributed by atoms with van der Waals surface area (Å²) >= 11 is 0. The van der Waals surface area contributed by atoms with Crippen LogP contribution in [0.4, 0.5) is 9.59 Å². The van der Waals surface area contributed by atoms with E-state index in [1.807, 2.05) is 79.7 Å². The van der Waals surface area contributed by atoms with Gasteiger partial charge in [-0.25, -0.2) is 19.6 Å². The maximum absolute atomic E-state index is 12.6. The molecule has 1 aromatic carbocycles. The van der Waals surface area contributed by atoms with E-state index in [1.165, 1.54) is 0 Å². The van der Waals surface area contributed by atoms with Gasteiger partial charge < -0.3 is 29.2 Å². The zero-order chi connectivity index (χ0) is 32.9. The first-order chi connectivity index (χ1) is 20.8. The van der Waals surface area contributed by atoms with E-state index in [9.17, 15) is 9.59 Å². The Hall–Kier alpha value is -4.70. The lowest BCUT2D eigenvalue weighted by Crippen LogP contribution is -2.37. The SMILES string of the molecule is C#C.CCCN(Cc1ncc(C#Cc2ccc(-c3cnc(CN(CCC)C(=O)OC(C)(C)C)[nH]3)cc2)[nH]1)C(=O)OC(C)(C)C. The van der Waals surface area contributed by atoms with Crippen LogP contribution >= 0.6 is 0 Å². The van der Waals surface area contributed by atoms with Gasteiger partial charge in [-0.1, -0.05) is 31.9 Å². The quantitative estimate of drug-likeness (QED) is 0.262. The summed E-state index contributed by atoms with van der Waals surface area (Å²) in [6, 6.07) is 7.83. The van der Waals surface area contributed by atoms with E-state index in [2.05, 4.69) is 44.6 Å². The Balaban J connectivity index is 0.00000330. The van der Waals surface area contributed by atoms with Gasteiger partial charge >= 0.3 is 12.2 Å². The molecular weight excluding hydrogens is 556 g/mol. The predicted octanol–water partition coefficient (Wildman–Crippen LogP) is 6.74. The van der Waals surface area contributed by atoms with Crippen molar-refractivity contribution in [3.05, 3.63) is 59.6 Å². The number of benzene rings is 1. The smallest absolute Gasteiger partial charge is 0.410 e. The predicted molar refractivity (Wildman–Crippen MR) is 172 cm³/mol. The molecule has 3 aromatic rings. The van der Waals surface area contributed by atoms with Crippen LogP contribution in [-0.2, 0) is 22.6 Å². The van der Waals surface area contributed by atoms with Crippen molar-refractivity contribution < 1.29 is 19.1 Å². The normalized spacial score (nSPS) is 11.0. The number of nitrogens with one attached hydrogen (secondary N) is 2. The van der Waals surface area contributed by atoms with Crippen molar-refractivity contribution >= 4 is 12.2 Å². The Morgan fingerprint density at radius 3 is 1.73 bits per heavy atom. The second kappa shape index (κ2) is 16.2. The van der Waals surface area contributed by atoms with Gasteiger partial charge in [0.25, 0.3) is 0 Å². The minimum Gasteiger partial charge on any atom is -0.444 e. The van der Waals surface area contributed by atoms with Crippen molar-refractivity contribution in [2.24, 2.45) is 0 Å². The number of aromatic amines is 2. The molecule has 2 amide bonds. The number of terminal acetylenes is 1. The maximum atomic E-state index is 12.6. The molecule has 10 heteroatoms. The Morgan fingerprint density at radius 2 is 1.25 bits per heavy atom. The van der Waals surface area contributed by atoms with Crippen molar-refractivity contribution in [1.29, 1.82) is 0 Å². The molecule has 10 nitrogen and oxygen atoms in total. The topological polar surface area (TPSA) is 116 Å². The van der Waals surface area contributed by atoms with Gasteiger partial charge in [0.05, 0.1) is 31.2 Å². The molecule has 0 aliphatic carbocycles. The van der Waals surface area contributed by atoms with Crippen molar-refractivity contribution in [3.8, 4) is 35.9 Å².